The number of rotatable bonds is 7. The van der Waals surface area contributed by atoms with Crippen LogP contribution in [0.4, 0.5) is 16.5 Å². The second-order valence-electron chi connectivity index (χ2n) is 4.53. The molecule has 1 aromatic heterocycles. The van der Waals surface area contributed by atoms with E-state index in [0.29, 0.717) is 17.4 Å². The third kappa shape index (κ3) is 5.63. The van der Waals surface area contributed by atoms with Crippen molar-refractivity contribution in [2.45, 2.75) is 0 Å². The minimum Gasteiger partial charge on any atom is -0.372 e. The summed E-state index contributed by atoms with van der Waals surface area (Å²) in [5.74, 6) is 0. The van der Waals surface area contributed by atoms with Gasteiger partial charge in [-0.25, -0.2) is 4.18 Å². The molecule has 11 heteroatoms. The minimum absolute atomic E-state index is 0.140. The molecule has 0 fully saturated rings. The minimum atomic E-state index is -4.40. The molecule has 1 aromatic carbocycles. The Kier molecular flexibility index (Phi) is 5.71. The van der Waals surface area contributed by atoms with Gasteiger partial charge in [0.05, 0.1) is 11.7 Å². The van der Waals surface area contributed by atoms with Crippen molar-refractivity contribution in [3.05, 3.63) is 29.8 Å². The van der Waals surface area contributed by atoms with Crippen LogP contribution in [0.15, 0.2) is 40.0 Å². The van der Waals surface area contributed by atoms with Crippen LogP contribution in [0.1, 0.15) is 0 Å². The van der Waals surface area contributed by atoms with Crippen LogP contribution in [0.2, 0.25) is 0 Å². The van der Waals surface area contributed by atoms with Crippen molar-refractivity contribution in [2.75, 3.05) is 25.1 Å². The fraction of sp³-hybridized carbons (Fsp3) is 0.333. The second-order valence-corrected chi connectivity index (χ2v) is 6.44. The number of aromatic nitrogens is 2. The summed E-state index contributed by atoms with van der Waals surface area (Å²) in [6, 6.07) is 7.24. The molecule has 9 nitrogen and oxygen atoms in total. The summed E-state index contributed by atoms with van der Waals surface area (Å²) in [6.07, 6.45) is 0. The van der Waals surface area contributed by atoms with Gasteiger partial charge in [0.2, 0.25) is 0 Å². The Hall–Kier alpha value is -1.95. The Morgan fingerprint density at radius 1 is 1.35 bits per heavy atom. The molecule has 0 aliphatic carbocycles. The smallest absolute Gasteiger partial charge is 0.372 e. The first-order valence-electron chi connectivity index (χ1n) is 6.50. The quantitative estimate of drug-likeness (QED) is 0.458. The maximum Gasteiger partial charge on any atom is 0.429 e. The van der Waals surface area contributed by atoms with E-state index in [1.165, 1.54) is 11.3 Å². The molecule has 0 radical (unpaired) electrons. The average Bonchev–Trinajstić information content (AvgIpc) is 2.89. The summed E-state index contributed by atoms with van der Waals surface area (Å²) in [5, 5.41) is 12.9. The number of benzene rings is 1. The Bertz CT molecular complexity index is 773. The Morgan fingerprint density at radius 2 is 2.04 bits per heavy atom. The van der Waals surface area contributed by atoms with E-state index in [1.54, 1.807) is 41.3 Å². The van der Waals surface area contributed by atoms with Crippen LogP contribution in [0.3, 0.4) is 0 Å². The summed E-state index contributed by atoms with van der Waals surface area (Å²) < 4.78 is 35.4. The molecular weight excluding hydrogens is 342 g/mol. The highest BCUT2D eigenvalue weighted by atomic mass is 32.3. The van der Waals surface area contributed by atoms with Crippen LogP contribution in [0, 0.1) is 0 Å². The molecule has 23 heavy (non-hydrogen) atoms. The van der Waals surface area contributed by atoms with Crippen LogP contribution in [-0.4, -0.2) is 38.3 Å². The van der Waals surface area contributed by atoms with Crippen LogP contribution >= 0.6 is 11.3 Å². The van der Waals surface area contributed by atoms with Crippen molar-refractivity contribution < 1.29 is 21.8 Å². The second kappa shape index (κ2) is 7.55. The van der Waals surface area contributed by atoms with Crippen LogP contribution in [0.5, 0.6) is 0 Å². The number of nitrogens with zero attached hydrogens (tertiary/aromatic N) is 5. The van der Waals surface area contributed by atoms with E-state index in [1.807, 2.05) is 12.1 Å². The van der Waals surface area contributed by atoms with Crippen molar-refractivity contribution >= 4 is 38.2 Å². The first-order chi connectivity index (χ1) is 10.8. The molecule has 2 rings (SSSR count). The zero-order chi connectivity index (χ0) is 16.9. The largest absolute Gasteiger partial charge is 0.429 e. The molecule has 124 valence electrons. The number of hydrogen-bond acceptors (Lipinski definition) is 8. The highest BCUT2D eigenvalue weighted by Crippen LogP contribution is 2.21. The van der Waals surface area contributed by atoms with Gasteiger partial charge in [0, 0.05) is 19.3 Å². The maximum atomic E-state index is 10.5. The molecule has 1 heterocycles. The monoisotopic (exact) mass is 358 g/mol. The predicted octanol–water partition coefficient (Wildman–Crippen LogP) is 1.64. The lowest BCUT2D eigenvalue weighted by atomic mass is 10.2. The molecule has 0 atom stereocenters. The summed E-state index contributed by atoms with van der Waals surface area (Å²) >= 11 is 1.39. The third-order valence-corrected chi connectivity index (χ3v) is 4.08. The molecule has 0 aliphatic rings. The van der Waals surface area contributed by atoms with Gasteiger partial charge in [-0.15, -0.1) is 4.68 Å². The maximum absolute atomic E-state index is 10.5. The molecule has 1 N–H and O–H groups in total. The molecular formula is C12H16N5O4S2+. The van der Waals surface area contributed by atoms with Gasteiger partial charge in [-0.3, -0.25) is 4.55 Å². The van der Waals surface area contributed by atoms with Crippen LogP contribution < -0.4 is 9.58 Å². The van der Waals surface area contributed by atoms with Crippen molar-refractivity contribution in [1.29, 1.82) is 0 Å². The predicted molar refractivity (Wildman–Crippen MR) is 84.7 cm³/mol. The summed E-state index contributed by atoms with van der Waals surface area (Å²) in [4.78, 5) is 1.79. The molecule has 0 aliphatic heterocycles. The van der Waals surface area contributed by atoms with E-state index in [9.17, 15) is 8.42 Å². The van der Waals surface area contributed by atoms with Gasteiger partial charge in [-0.1, -0.05) is 5.10 Å². The number of anilines is 1. The first kappa shape index (κ1) is 17.4. The number of aryl methyl sites for hydroxylation is 1. The van der Waals surface area contributed by atoms with Gasteiger partial charge in [0.1, 0.15) is 18.2 Å². The number of likely N-dealkylation sites (N-methyl/N-ethyl adjacent to an activating group) is 1. The molecule has 0 saturated carbocycles. The van der Waals surface area contributed by atoms with Crippen LogP contribution in [0.25, 0.3) is 0 Å². The highest BCUT2D eigenvalue weighted by Gasteiger charge is 2.09. The normalized spacial score (nSPS) is 12.0. The fourth-order valence-corrected chi connectivity index (χ4v) is 2.49. The van der Waals surface area contributed by atoms with Crippen molar-refractivity contribution in [3.63, 3.8) is 0 Å². The van der Waals surface area contributed by atoms with E-state index >= 15 is 0 Å². The third-order valence-electron chi connectivity index (χ3n) is 2.86. The number of hydrogen-bond donors (Lipinski definition) is 1. The van der Waals surface area contributed by atoms with E-state index in [0.717, 1.165) is 5.69 Å². The van der Waals surface area contributed by atoms with Crippen molar-refractivity contribution in [3.8, 4) is 0 Å². The molecule has 2 aromatic rings. The van der Waals surface area contributed by atoms with Gasteiger partial charge < -0.3 is 4.90 Å². The van der Waals surface area contributed by atoms with Crippen molar-refractivity contribution in [2.24, 2.45) is 17.3 Å². The SMILES string of the molecule is CN(CCOS(=O)(=O)O)c1ccc(/N=N\c2scn[n+]2C)cc1. The summed E-state index contributed by atoms with van der Waals surface area (Å²) in [6.45, 7) is 0.163. The Morgan fingerprint density at radius 3 is 2.61 bits per heavy atom. The van der Waals surface area contributed by atoms with Gasteiger partial charge in [-0.2, -0.15) is 8.42 Å². The lowest BCUT2D eigenvalue weighted by molar-refractivity contribution is -0.713. The zero-order valence-electron chi connectivity index (χ0n) is 12.5. The van der Waals surface area contributed by atoms with Gasteiger partial charge in [0.25, 0.3) is 0 Å². The van der Waals surface area contributed by atoms with Gasteiger partial charge in [0.15, 0.2) is 0 Å². The first-order valence-corrected chi connectivity index (χ1v) is 8.74. The van der Waals surface area contributed by atoms with Gasteiger partial charge >= 0.3 is 15.5 Å². The molecule has 0 spiro atoms. The Balaban J connectivity index is 1.93. The average molecular weight is 358 g/mol. The summed E-state index contributed by atoms with van der Waals surface area (Å²) in [7, 11) is -0.833. The van der Waals surface area contributed by atoms with E-state index in [4.69, 9.17) is 4.55 Å². The van der Waals surface area contributed by atoms with E-state index < -0.39 is 10.4 Å². The van der Waals surface area contributed by atoms with Crippen LogP contribution in [-0.2, 0) is 21.6 Å². The zero-order valence-corrected chi connectivity index (χ0v) is 14.2. The molecule has 0 bridgehead atoms. The molecule has 0 unspecified atom stereocenters. The highest BCUT2D eigenvalue weighted by molar-refractivity contribution is 7.80. The number of azo groups is 1. The standard InChI is InChI=1S/C12H15N5O4S2/c1-16(7-8-21-23(18,19)20)11-5-3-10(4-6-11)14-15-12-17(2)13-9-22-12/h3-6,9H,7-8H2,1-2H3/p+1. The summed E-state index contributed by atoms with van der Waals surface area (Å²) in [5.41, 5.74) is 3.22. The topological polar surface area (TPSA) is 108 Å². The fourth-order valence-electron chi connectivity index (χ4n) is 1.64. The lowest BCUT2D eigenvalue weighted by Gasteiger charge is -2.18. The van der Waals surface area contributed by atoms with E-state index in [-0.39, 0.29) is 6.61 Å². The molecule has 0 saturated heterocycles. The van der Waals surface area contributed by atoms with E-state index in [2.05, 4.69) is 19.5 Å². The Labute approximate surface area is 137 Å². The molecule has 0 amide bonds. The van der Waals surface area contributed by atoms with Gasteiger partial charge in [-0.05, 0) is 40.7 Å². The van der Waals surface area contributed by atoms with Crippen molar-refractivity contribution in [1.82, 2.24) is 5.10 Å². The lowest BCUT2D eigenvalue weighted by Crippen LogP contribution is -2.28.